The second-order valence-electron chi connectivity index (χ2n) is 6.13. The predicted octanol–water partition coefficient (Wildman–Crippen LogP) is 3.17. The van der Waals surface area contributed by atoms with Gasteiger partial charge in [0.15, 0.2) is 0 Å². The van der Waals surface area contributed by atoms with Crippen LogP contribution in [0, 0.1) is 0 Å². The number of anilines is 1. The lowest BCUT2D eigenvalue weighted by Crippen LogP contribution is -2.30. The smallest absolute Gasteiger partial charge is 0.256 e. The van der Waals surface area contributed by atoms with Gasteiger partial charge in [-0.2, -0.15) is 0 Å². The Balaban J connectivity index is 1.82. The molecule has 0 aliphatic carbocycles. The number of fused-ring (bicyclic) bond motifs is 1. The van der Waals surface area contributed by atoms with Crippen LogP contribution in [0.5, 0.6) is 0 Å². The summed E-state index contributed by atoms with van der Waals surface area (Å²) in [5, 5.41) is 3.55. The van der Waals surface area contributed by atoms with Gasteiger partial charge in [0, 0.05) is 28.9 Å². The molecule has 6 nitrogen and oxygen atoms in total. The van der Waals surface area contributed by atoms with Gasteiger partial charge in [0.05, 0.1) is 10.4 Å². The van der Waals surface area contributed by atoms with Gasteiger partial charge in [-0.05, 0) is 56.3 Å². The summed E-state index contributed by atoms with van der Waals surface area (Å²) in [5.74, 6) is -0.278. The van der Waals surface area contributed by atoms with E-state index in [4.69, 9.17) is 0 Å². The summed E-state index contributed by atoms with van der Waals surface area (Å²) >= 11 is 0. The quantitative estimate of drug-likeness (QED) is 0.723. The highest BCUT2D eigenvalue weighted by molar-refractivity contribution is 7.89. The monoisotopic (exact) mass is 369 g/mol. The van der Waals surface area contributed by atoms with Crippen molar-refractivity contribution in [1.82, 2.24) is 9.71 Å². The van der Waals surface area contributed by atoms with E-state index in [1.54, 1.807) is 50.4 Å². The Kier molecular flexibility index (Phi) is 5.01. The zero-order valence-electron chi connectivity index (χ0n) is 14.4. The van der Waals surface area contributed by atoms with E-state index < -0.39 is 10.0 Å². The first-order valence-electron chi connectivity index (χ1n) is 8.14. The molecule has 2 aromatic carbocycles. The van der Waals surface area contributed by atoms with Crippen LogP contribution in [-0.4, -0.2) is 25.4 Å². The van der Waals surface area contributed by atoms with E-state index in [9.17, 15) is 13.2 Å². The van der Waals surface area contributed by atoms with Crippen LogP contribution in [-0.2, 0) is 10.0 Å². The highest BCUT2D eigenvalue weighted by Gasteiger charge is 2.16. The van der Waals surface area contributed by atoms with Gasteiger partial charge in [-0.15, -0.1) is 0 Å². The standard InChI is InChI=1S/C19H19N3O3S/c1-13(2)22-26(24,25)15-10-8-14(9-11-15)21-19(23)17-5-3-7-18-16(17)6-4-12-20-18/h3-13,22H,1-2H3,(H,21,23). The van der Waals surface area contributed by atoms with Crippen molar-refractivity contribution >= 4 is 32.5 Å². The van der Waals surface area contributed by atoms with Crippen molar-refractivity contribution in [2.75, 3.05) is 5.32 Å². The Bertz CT molecular complexity index is 1040. The fraction of sp³-hybridized carbons (Fsp3) is 0.158. The third-order valence-electron chi connectivity index (χ3n) is 3.70. The minimum Gasteiger partial charge on any atom is -0.322 e. The average Bonchev–Trinajstić information content (AvgIpc) is 2.60. The Morgan fingerprint density at radius 3 is 2.42 bits per heavy atom. The highest BCUT2D eigenvalue weighted by Crippen LogP contribution is 2.19. The number of benzene rings is 2. The van der Waals surface area contributed by atoms with Crippen LogP contribution < -0.4 is 10.0 Å². The summed E-state index contributed by atoms with van der Waals surface area (Å²) in [7, 11) is -3.56. The van der Waals surface area contributed by atoms with E-state index in [0.29, 0.717) is 11.3 Å². The zero-order valence-corrected chi connectivity index (χ0v) is 15.2. The second-order valence-corrected chi connectivity index (χ2v) is 7.84. The van der Waals surface area contributed by atoms with E-state index in [-0.39, 0.29) is 16.8 Å². The lowest BCUT2D eigenvalue weighted by Gasteiger charge is -2.11. The number of rotatable bonds is 5. The molecule has 0 aliphatic heterocycles. The maximum Gasteiger partial charge on any atom is 0.256 e. The van der Waals surface area contributed by atoms with Crippen LogP contribution in [0.3, 0.4) is 0 Å². The molecule has 0 bridgehead atoms. The first-order chi connectivity index (χ1) is 12.4. The Hall–Kier alpha value is -2.77. The Labute approximate surface area is 152 Å². The van der Waals surface area contributed by atoms with Gasteiger partial charge in [-0.1, -0.05) is 12.1 Å². The first-order valence-corrected chi connectivity index (χ1v) is 9.62. The molecule has 26 heavy (non-hydrogen) atoms. The number of amides is 1. The molecule has 0 spiro atoms. The van der Waals surface area contributed by atoms with E-state index >= 15 is 0 Å². The number of nitrogens with zero attached hydrogens (tertiary/aromatic N) is 1. The van der Waals surface area contributed by atoms with Crippen molar-refractivity contribution < 1.29 is 13.2 Å². The molecule has 0 saturated carbocycles. The molecule has 3 aromatic rings. The fourth-order valence-electron chi connectivity index (χ4n) is 2.60. The fourth-order valence-corrected chi connectivity index (χ4v) is 3.85. The molecule has 0 fully saturated rings. The van der Waals surface area contributed by atoms with Crippen molar-refractivity contribution in [2.24, 2.45) is 0 Å². The van der Waals surface area contributed by atoms with Crippen LogP contribution in [0.15, 0.2) is 65.7 Å². The summed E-state index contributed by atoms with van der Waals surface area (Å²) < 4.78 is 26.8. The third kappa shape index (κ3) is 3.89. The maximum absolute atomic E-state index is 12.6. The first kappa shape index (κ1) is 18.0. The van der Waals surface area contributed by atoms with E-state index in [0.717, 1.165) is 10.9 Å². The number of pyridine rings is 1. The van der Waals surface area contributed by atoms with Gasteiger partial charge < -0.3 is 5.32 Å². The van der Waals surface area contributed by atoms with Crippen molar-refractivity contribution in [3.63, 3.8) is 0 Å². The molecule has 0 unspecified atom stereocenters. The van der Waals surface area contributed by atoms with Crippen LogP contribution >= 0.6 is 0 Å². The maximum atomic E-state index is 12.6. The van der Waals surface area contributed by atoms with E-state index in [2.05, 4.69) is 15.0 Å². The summed E-state index contributed by atoms with van der Waals surface area (Å²) in [6.45, 7) is 3.51. The van der Waals surface area contributed by atoms with E-state index in [1.165, 1.54) is 12.1 Å². The number of carbonyl (C=O) groups is 1. The molecular weight excluding hydrogens is 350 g/mol. The molecule has 1 amide bonds. The lowest BCUT2D eigenvalue weighted by atomic mass is 10.1. The zero-order chi connectivity index (χ0) is 18.7. The van der Waals surface area contributed by atoms with Crippen molar-refractivity contribution in [1.29, 1.82) is 0 Å². The summed E-state index contributed by atoms with van der Waals surface area (Å²) in [6.07, 6.45) is 1.67. The molecule has 3 rings (SSSR count). The number of nitrogens with one attached hydrogen (secondary N) is 2. The van der Waals surface area contributed by atoms with Gasteiger partial charge in [0.1, 0.15) is 0 Å². The third-order valence-corrected chi connectivity index (χ3v) is 5.38. The Morgan fingerprint density at radius 1 is 1.00 bits per heavy atom. The molecule has 0 saturated heterocycles. The normalized spacial score (nSPS) is 11.7. The Morgan fingerprint density at radius 2 is 1.73 bits per heavy atom. The topological polar surface area (TPSA) is 88.2 Å². The summed E-state index contributed by atoms with van der Waals surface area (Å²) in [6, 6.07) is 14.8. The van der Waals surface area contributed by atoms with Crippen LogP contribution in [0.25, 0.3) is 10.9 Å². The largest absolute Gasteiger partial charge is 0.322 e. The molecule has 0 radical (unpaired) electrons. The number of hydrogen-bond acceptors (Lipinski definition) is 4. The molecule has 1 aromatic heterocycles. The van der Waals surface area contributed by atoms with Crippen molar-refractivity contribution in [3.8, 4) is 0 Å². The van der Waals surface area contributed by atoms with Crippen molar-refractivity contribution in [3.05, 3.63) is 66.4 Å². The van der Waals surface area contributed by atoms with Gasteiger partial charge in [-0.25, -0.2) is 13.1 Å². The molecule has 0 atom stereocenters. The minimum atomic E-state index is -3.56. The van der Waals surface area contributed by atoms with Crippen LogP contribution in [0.1, 0.15) is 24.2 Å². The van der Waals surface area contributed by atoms with Gasteiger partial charge in [-0.3, -0.25) is 9.78 Å². The number of carbonyl (C=O) groups excluding carboxylic acids is 1. The van der Waals surface area contributed by atoms with Gasteiger partial charge in [0.25, 0.3) is 5.91 Å². The van der Waals surface area contributed by atoms with Crippen molar-refractivity contribution in [2.45, 2.75) is 24.8 Å². The van der Waals surface area contributed by atoms with Crippen LogP contribution in [0.4, 0.5) is 5.69 Å². The highest BCUT2D eigenvalue weighted by atomic mass is 32.2. The second kappa shape index (κ2) is 7.23. The number of aromatic nitrogens is 1. The molecular formula is C19H19N3O3S. The van der Waals surface area contributed by atoms with Gasteiger partial charge in [0.2, 0.25) is 10.0 Å². The summed E-state index contributed by atoms with van der Waals surface area (Å²) in [4.78, 5) is 17.0. The predicted molar refractivity (Wildman–Crippen MR) is 102 cm³/mol. The minimum absolute atomic E-state index is 0.151. The molecule has 7 heteroatoms. The summed E-state index contributed by atoms with van der Waals surface area (Å²) in [5.41, 5.74) is 1.76. The lowest BCUT2D eigenvalue weighted by molar-refractivity contribution is 0.102. The molecule has 0 aliphatic rings. The molecule has 134 valence electrons. The van der Waals surface area contributed by atoms with E-state index in [1.807, 2.05) is 12.1 Å². The van der Waals surface area contributed by atoms with Crippen LogP contribution in [0.2, 0.25) is 0 Å². The van der Waals surface area contributed by atoms with Gasteiger partial charge >= 0.3 is 0 Å². The molecule has 2 N–H and O–H groups in total. The number of sulfonamides is 1. The average molecular weight is 369 g/mol. The SMILES string of the molecule is CC(C)NS(=O)(=O)c1ccc(NC(=O)c2cccc3ncccc23)cc1. The number of hydrogen-bond donors (Lipinski definition) is 2. The molecule has 1 heterocycles.